The second-order valence-corrected chi connectivity index (χ2v) is 30.4. The van der Waals surface area contributed by atoms with E-state index in [2.05, 4.69) is 75.7 Å². The Balaban J connectivity index is 1.09. The molecule has 5 saturated heterocycles. The number of aliphatic hydroxyl groups excluding tert-OH is 3. The number of quaternary nitrogens is 3. The molecule has 0 radical (unpaired) electrons. The third-order valence-corrected chi connectivity index (χ3v) is 21.9. The molecule has 5 fully saturated rings. The van der Waals surface area contributed by atoms with Crippen molar-refractivity contribution in [2.75, 3.05) is 78.7 Å². The maximum Gasteiger partial charge on any atom is 0.325 e. The summed E-state index contributed by atoms with van der Waals surface area (Å²) in [6, 6.07) is -10.5. The van der Waals surface area contributed by atoms with E-state index in [1.165, 1.54) is 31.4 Å². The first kappa shape index (κ1) is 95.2. The molecule has 41 heteroatoms. The number of benzene rings is 1. The number of carbonyl (C=O) groups excluding carboxylic acids is 15. The number of carboxylic acids is 1. The molecule has 1 aromatic rings. The lowest BCUT2D eigenvalue weighted by Crippen LogP contribution is -2.62. The number of nitrogens with two attached hydrogens (primary N) is 2. The number of rotatable bonds is 46. The summed E-state index contributed by atoms with van der Waals surface area (Å²) in [7, 11) is 0. The van der Waals surface area contributed by atoms with Crippen molar-refractivity contribution in [2.24, 2.45) is 17.4 Å². The van der Waals surface area contributed by atoms with Gasteiger partial charge < -0.3 is 127 Å². The van der Waals surface area contributed by atoms with Gasteiger partial charge in [0.05, 0.1) is 32.9 Å². The Morgan fingerprint density at radius 3 is 1.30 bits per heavy atom. The van der Waals surface area contributed by atoms with E-state index in [0.717, 1.165) is 6.92 Å². The minimum atomic E-state index is -1.68. The Morgan fingerprint density at radius 1 is 0.431 bits per heavy atom. The van der Waals surface area contributed by atoms with E-state index in [4.69, 9.17) is 11.5 Å². The molecule has 15 amide bonds. The molecule has 1 aromatic carbocycles. The zero-order valence-electron chi connectivity index (χ0n) is 67.2. The molecule has 41 nitrogen and oxygen atoms in total. The normalized spacial score (nSPS) is 20.8. The van der Waals surface area contributed by atoms with Crippen LogP contribution in [0, 0.1) is 5.92 Å². The Hall–Kier alpha value is -9.62. The number of carboxylic acid groups (broad SMARTS) is 1. The van der Waals surface area contributed by atoms with Gasteiger partial charge in [-0.25, -0.2) is 0 Å². The zero-order chi connectivity index (χ0) is 85.5. The topological polar surface area (TPSA) is 638 Å². The number of aliphatic hydroxyl groups is 3. The number of nitrogens with zero attached hydrogens (tertiary/aromatic N) is 5. The van der Waals surface area contributed by atoms with Crippen LogP contribution in [0.4, 0.5) is 0 Å². The summed E-state index contributed by atoms with van der Waals surface area (Å²) in [5.41, 5.74) is 23.5. The molecule has 0 aromatic heterocycles. The number of hydrogen-bond donors (Lipinski definition) is 20. The van der Waals surface area contributed by atoms with Gasteiger partial charge in [0.15, 0.2) is 6.54 Å². The number of aliphatic carboxylic acids is 1. The van der Waals surface area contributed by atoms with Gasteiger partial charge in [-0.05, 0) is 147 Å². The number of amides is 15. The van der Waals surface area contributed by atoms with Gasteiger partial charge in [-0.1, -0.05) is 50.6 Å². The molecular weight excluding hydrogens is 1510 g/mol. The second kappa shape index (κ2) is 47.6. The smallest absolute Gasteiger partial charge is 0.325 e. The van der Waals surface area contributed by atoms with Gasteiger partial charge in [0.2, 0.25) is 82.7 Å². The van der Waals surface area contributed by atoms with E-state index >= 15 is 0 Å². The fraction of sp³-hybridized carbons (Fsp3) is 0.707. The van der Waals surface area contributed by atoms with Crippen molar-refractivity contribution in [3.8, 4) is 0 Å². The van der Waals surface area contributed by atoms with Crippen LogP contribution >= 0.6 is 0 Å². The minimum absolute atomic E-state index is 0.0111. The molecule has 5 aliphatic rings. The monoisotopic (exact) mass is 1640 g/mol. The quantitative estimate of drug-likeness (QED) is 0.0213. The van der Waals surface area contributed by atoms with Crippen molar-refractivity contribution >= 4 is 94.6 Å². The molecule has 0 spiro atoms. The second-order valence-electron chi connectivity index (χ2n) is 30.4. The van der Waals surface area contributed by atoms with Gasteiger partial charge in [0, 0.05) is 39.1 Å². The summed E-state index contributed by atoms with van der Waals surface area (Å²) in [6.45, 7) is 4.77. The van der Waals surface area contributed by atoms with Crippen LogP contribution in [0.1, 0.15) is 155 Å². The lowest BCUT2D eigenvalue weighted by atomic mass is 9.96. The molecule has 648 valence electrons. The van der Waals surface area contributed by atoms with Crippen molar-refractivity contribution in [2.45, 2.75) is 253 Å². The van der Waals surface area contributed by atoms with Crippen LogP contribution in [-0.2, 0) is 83.1 Å². The first-order chi connectivity index (χ1) is 55.4. The molecule has 5 aliphatic heterocycles. The average Bonchev–Trinajstić information content (AvgIpc) is 1.64. The van der Waals surface area contributed by atoms with E-state index in [1.54, 1.807) is 37.3 Å². The summed E-state index contributed by atoms with van der Waals surface area (Å²) in [5.74, 6) is -13.0. The maximum atomic E-state index is 14.8. The largest absolute Gasteiger partial charge is 0.480 e. The SMILES string of the molecule is CC[C@H](C)[C@H](NC(=O)[C@H](Cc1ccccc1)NC(=O)[C@H](CCCC[NH3+])NC(=O)C[NH3+])C(=O)N1CCC[C@H]1C(=O)N[C@@H](CO)C(=O)N[C@@H](CCCNC(N)N)C(=O)N1CCC[C@H]1C(=O)N[C@@H](C)C(=O)N1CCC[C@H]1C(=O)N[C@@H](CCCC[NH3+])C(=O)N1CCC[C@H]1C(=O)N1CCC[C@H]1C(=O)N[C@@H](CO)C(=O)N[C@@H](CO)C(=O)N[C@@H](C)C(=O)O. The first-order valence-corrected chi connectivity index (χ1v) is 40.7. The van der Waals surface area contributed by atoms with Crippen molar-refractivity contribution in [1.29, 1.82) is 0 Å². The first-order valence-electron chi connectivity index (χ1n) is 40.7. The van der Waals surface area contributed by atoms with E-state index < -0.39 is 217 Å². The summed E-state index contributed by atoms with van der Waals surface area (Å²) in [5, 5.41) is 68.5. The summed E-state index contributed by atoms with van der Waals surface area (Å²) < 4.78 is 0. The molecular formula is C75H126N21O20+3. The van der Waals surface area contributed by atoms with Gasteiger partial charge in [-0.2, -0.15) is 0 Å². The Bertz CT molecular complexity index is 3550. The van der Waals surface area contributed by atoms with Crippen LogP contribution in [0.3, 0.4) is 0 Å². The predicted molar refractivity (Wildman–Crippen MR) is 413 cm³/mol. The number of likely N-dealkylation sites (tertiary alicyclic amines) is 5. The van der Waals surface area contributed by atoms with Gasteiger partial charge in [0.1, 0.15) is 96.9 Å². The minimum Gasteiger partial charge on any atom is -0.480 e. The molecule has 6 rings (SSSR count). The molecule has 0 unspecified atom stereocenters. The molecule has 0 aliphatic carbocycles. The van der Waals surface area contributed by atoms with Crippen molar-refractivity contribution in [1.82, 2.24) is 83.0 Å². The van der Waals surface area contributed by atoms with Gasteiger partial charge >= 0.3 is 5.97 Å². The lowest BCUT2D eigenvalue weighted by molar-refractivity contribution is -0.369. The van der Waals surface area contributed by atoms with Crippen LogP contribution in [0.2, 0.25) is 0 Å². The van der Waals surface area contributed by atoms with Crippen molar-refractivity contribution < 1.29 is 114 Å². The van der Waals surface area contributed by atoms with E-state index in [0.29, 0.717) is 82.9 Å². The summed E-state index contributed by atoms with van der Waals surface area (Å²) >= 11 is 0. The van der Waals surface area contributed by atoms with E-state index in [-0.39, 0.29) is 110 Å². The highest BCUT2D eigenvalue weighted by Crippen LogP contribution is 2.29. The Kier molecular flexibility index (Phi) is 39.0. The zero-order valence-corrected chi connectivity index (χ0v) is 67.2. The number of nitrogens with one attached hydrogen (secondary N) is 11. The molecule has 0 saturated carbocycles. The molecule has 116 heavy (non-hydrogen) atoms. The maximum absolute atomic E-state index is 14.8. The van der Waals surface area contributed by atoms with Crippen molar-refractivity contribution in [3.05, 3.63) is 35.9 Å². The molecule has 28 N–H and O–H groups in total. The van der Waals surface area contributed by atoms with Crippen LogP contribution in [0.5, 0.6) is 0 Å². The number of hydrogen-bond acceptors (Lipinski definition) is 22. The van der Waals surface area contributed by atoms with Crippen molar-refractivity contribution in [3.63, 3.8) is 0 Å². The number of carbonyl (C=O) groups is 16. The predicted octanol–water partition coefficient (Wildman–Crippen LogP) is -10.2. The lowest BCUT2D eigenvalue weighted by Gasteiger charge is -2.34. The summed E-state index contributed by atoms with van der Waals surface area (Å²) in [4.78, 5) is 229. The van der Waals surface area contributed by atoms with E-state index in [9.17, 15) is 97.1 Å². The fourth-order valence-corrected chi connectivity index (χ4v) is 15.1. The van der Waals surface area contributed by atoms with Crippen LogP contribution < -0.4 is 87.2 Å². The standard InChI is InChI=1S/C75H123N21O20/c1-5-42(2)59(91-61(102)49(37-45-19-7-6-8-20-45)87-60(101)46(21-9-11-29-76)84-58(100)38-78)73(114)95-35-17-27-56(95)68(109)89-51(40-98)63(104)85-48(23-13-31-81-75(79)80)70(111)93-33-15-24-53(93)65(106)82-43(3)69(110)92-32-14-25-54(92)66(107)86-47(22-10-12-30-77)71(112)96-36-18-28-57(96)72(113)94-34-16-26-55(94)67(108)90-52(41-99)64(105)88-50(39-97)62(103)83-44(4)74(115)116/h6-8,19-20,42-44,46-57,59,75,81,97-99H,5,9-18,21-41,76-80H2,1-4H3,(H,82,106)(H,83,103)(H,84,100)(H,85,104)(H,86,107)(H,87,101)(H,88,105)(H,89,109)(H,90,108)(H,91,102)(H,115,116)/p+3/t42-,43-,44-,46-,47-,48-,49-,50-,51-,52-,53-,54-,55-,56-,57-,59-/m0/s1. The fourth-order valence-electron chi connectivity index (χ4n) is 15.1. The third-order valence-electron chi connectivity index (χ3n) is 21.9. The highest BCUT2D eigenvalue weighted by Gasteiger charge is 2.48. The van der Waals surface area contributed by atoms with Crippen LogP contribution in [0.25, 0.3) is 0 Å². The molecule has 16 atom stereocenters. The van der Waals surface area contributed by atoms with Crippen LogP contribution in [0.15, 0.2) is 30.3 Å². The molecule has 0 bridgehead atoms. The number of unbranched alkanes of at least 4 members (excludes halogenated alkanes) is 2. The third kappa shape index (κ3) is 27.0. The Morgan fingerprint density at radius 2 is 0.819 bits per heavy atom. The Labute approximate surface area is 674 Å². The highest BCUT2D eigenvalue weighted by atomic mass is 16.4. The summed E-state index contributed by atoms with van der Waals surface area (Å²) in [6.07, 6.45) is 4.71. The highest BCUT2D eigenvalue weighted by molar-refractivity contribution is 6.01. The van der Waals surface area contributed by atoms with E-state index in [1.807, 2.05) is 6.92 Å². The average molecular weight is 1640 g/mol. The van der Waals surface area contributed by atoms with Gasteiger partial charge in [0.25, 0.3) is 5.91 Å². The molecule has 5 heterocycles. The van der Waals surface area contributed by atoms with Gasteiger partial charge in [-0.15, -0.1) is 0 Å². The van der Waals surface area contributed by atoms with Crippen LogP contribution in [-0.4, -0.2) is 315 Å². The van der Waals surface area contributed by atoms with Gasteiger partial charge in [-0.3, -0.25) is 82.0 Å².